The normalized spacial score (nSPS) is 15.7. The summed E-state index contributed by atoms with van der Waals surface area (Å²) in [6.07, 6.45) is 0.786. The summed E-state index contributed by atoms with van der Waals surface area (Å²) in [7, 11) is -3.84. The van der Waals surface area contributed by atoms with Crippen LogP contribution in [0.4, 0.5) is 11.4 Å². The number of anilines is 2. The highest BCUT2D eigenvalue weighted by Gasteiger charge is 2.32. The van der Waals surface area contributed by atoms with Crippen molar-refractivity contribution in [3.63, 3.8) is 0 Å². The third-order valence-electron chi connectivity index (χ3n) is 5.42. The molecule has 1 aliphatic heterocycles. The number of sulfonamides is 1. The fourth-order valence-electron chi connectivity index (χ4n) is 3.96. The zero-order valence-electron chi connectivity index (χ0n) is 17.2. The number of hydrogen-bond donors (Lipinski definition) is 1. The minimum absolute atomic E-state index is 0.0154. The summed E-state index contributed by atoms with van der Waals surface area (Å²) in [5.74, 6) is -0.195. The van der Waals surface area contributed by atoms with Crippen LogP contribution in [0.2, 0.25) is 0 Å². The molecule has 0 saturated heterocycles. The van der Waals surface area contributed by atoms with Crippen molar-refractivity contribution in [2.24, 2.45) is 0 Å². The van der Waals surface area contributed by atoms with Crippen molar-refractivity contribution in [1.29, 1.82) is 0 Å². The van der Waals surface area contributed by atoms with Crippen molar-refractivity contribution < 1.29 is 13.2 Å². The topological polar surface area (TPSA) is 66.5 Å². The Kier molecular flexibility index (Phi) is 5.12. The number of nitrogens with zero attached hydrogens (tertiary/aromatic N) is 1. The molecule has 0 bridgehead atoms. The highest BCUT2D eigenvalue weighted by atomic mass is 32.2. The number of nitrogens with one attached hydrogen (secondary N) is 1. The van der Waals surface area contributed by atoms with Gasteiger partial charge in [0.05, 0.1) is 4.90 Å². The third-order valence-corrected chi connectivity index (χ3v) is 6.94. The van der Waals surface area contributed by atoms with Crippen LogP contribution in [0, 0.1) is 13.8 Å². The summed E-state index contributed by atoms with van der Waals surface area (Å²) in [4.78, 5) is 15.2. The quantitative estimate of drug-likeness (QED) is 0.666. The zero-order valence-corrected chi connectivity index (χ0v) is 18.0. The first-order valence-electron chi connectivity index (χ1n) is 9.88. The number of fused-ring (bicyclic) bond motifs is 1. The van der Waals surface area contributed by atoms with Gasteiger partial charge in [0.25, 0.3) is 15.9 Å². The molecule has 5 nitrogen and oxygen atoms in total. The maximum Gasteiger partial charge on any atom is 0.262 e. The highest BCUT2D eigenvalue weighted by Crippen LogP contribution is 2.33. The first-order valence-corrected chi connectivity index (χ1v) is 11.4. The molecule has 4 rings (SSSR count). The van der Waals surface area contributed by atoms with E-state index in [1.807, 2.05) is 44.2 Å². The summed E-state index contributed by atoms with van der Waals surface area (Å²) < 4.78 is 28.7. The van der Waals surface area contributed by atoms with E-state index in [1.165, 1.54) is 6.07 Å². The lowest BCUT2D eigenvalue weighted by Crippen LogP contribution is -2.35. The van der Waals surface area contributed by atoms with Crippen molar-refractivity contribution in [3.05, 3.63) is 89.0 Å². The molecule has 0 fully saturated rings. The van der Waals surface area contributed by atoms with Gasteiger partial charge in [-0.2, -0.15) is 0 Å². The van der Waals surface area contributed by atoms with Gasteiger partial charge in [0, 0.05) is 23.0 Å². The predicted molar refractivity (Wildman–Crippen MR) is 120 cm³/mol. The average Bonchev–Trinajstić information content (AvgIpc) is 3.03. The van der Waals surface area contributed by atoms with Crippen LogP contribution < -0.4 is 9.62 Å². The molecule has 0 aliphatic carbocycles. The van der Waals surface area contributed by atoms with Crippen LogP contribution in [0.1, 0.15) is 34.0 Å². The first kappa shape index (κ1) is 20.2. The van der Waals surface area contributed by atoms with Crippen LogP contribution >= 0.6 is 0 Å². The monoisotopic (exact) mass is 420 g/mol. The molecule has 30 heavy (non-hydrogen) atoms. The van der Waals surface area contributed by atoms with Gasteiger partial charge < -0.3 is 4.90 Å². The van der Waals surface area contributed by atoms with Gasteiger partial charge in [-0.05, 0) is 74.2 Å². The molecule has 3 aromatic rings. The Bertz CT molecular complexity index is 1230. The molecular weight excluding hydrogens is 396 g/mol. The summed E-state index contributed by atoms with van der Waals surface area (Å²) in [6, 6.07) is 19.9. The number of aryl methyl sites for hydroxylation is 2. The van der Waals surface area contributed by atoms with Crippen LogP contribution in [-0.2, 0) is 16.4 Å². The summed E-state index contributed by atoms with van der Waals surface area (Å²) in [6.45, 7) is 5.63. The fourth-order valence-corrected chi connectivity index (χ4v) is 5.28. The van der Waals surface area contributed by atoms with E-state index in [0.717, 1.165) is 23.2 Å². The van der Waals surface area contributed by atoms with E-state index in [-0.39, 0.29) is 16.8 Å². The van der Waals surface area contributed by atoms with Crippen molar-refractivity contribution in [2.75, 3.05) is 9.62 Å². The Morgan fingerprint density at radius 1 is 1.00 bits per heavy atom. The van der Waals surface area contributed by atoms with Gasteiger partial charge in [-0.25, -0.2) is 8.42 Å². The lowest BCUT2D eigenvalue weighted by molar-refractivity contribution is 0.0981. The standard InChI is InChI=1S/C24H24N2O3S/c1-16-7-6-9-21(13-16)25-30(28,29)23-15-20(12-11-17(23)2)24(27)26-18(3)14-19-8-4-5-10-22(19)26/h4-13,15,18,25H,14H2,1-3H3/t18-/m0/s1. The van der Waals surface area contributed by atoms with Crippen LogP contribution in [0.3, 0.4) is 0 Å². The lowest BCUT2D eigenvalue weighted by atomic mass is 10.1. The van der Waals surface area contributed by atoms with Crippen LogP contribution in [-0.4, -0.2) is 20.4 Å². The first-order chi connectivity index (χ1) is 14.3. The Labute approximate surface area is 177 Å². The van der Waals surface area contributed by atoms with E-state index in [1.54, 1.807) is 42.2 Å². The van der Waals surface area contributed by atoms with Gasteiger partial charge in [0.1, 0.15) is 0 Å². The lowest BCUT2D eigenvalue weighted by Gasteiger charge is -2.23. The number of para-hydroxylation sites is 1. The second-order valence-electron chi connectivity index (χ2n) is 7.81. The number of benzene rings is 3. The summed E-state index contributed by atoms with van der Waals surface area (Å²) in [5.41, 5.74) is 4.40. The molecule has 0 unspecified atom stereocenters. The van der Waals surface area contributed by atoms with Crippen molar-refractivity contribution >= 4 is 27.3 Å². The molecule has 0 aromatic heterocycles. The number of hydrogen-bond acceptors (Lipinski definition) is 3. The van der Waals surface area contributed by atoms with Gasteiger partial charge in [0.2, 0.25) is 0 Å². The summed E-state index contributed by atoms with van der Waals surface area (Å²) in [5, 5.41) is 0. The van der Waals surface area contributed by atoms with E-state index in [2.05, 4.69) is 4.72 Å². The molecule has 0 radical (unpaired) electrons. The number of amides is 1. The Balaban J connectivity index is 1.69. The minimum atomic E-state index is -3.84. The van der Waals surface area contributed by atoms with E-state index in [4.69, 9.17) is 0 Å². The van der Waals surface area contributed by atoms with Gasteiger partial charge >= 0.3 is 0 Å². The fraction of sp³-hybridized carbons (Fsp3) is 0.208. The molecule has 1 heterocycles. The van der Waals surface area contributed by atoms with Gasteiger partial charge in [-0.3, -0.25) is 9.52 Å². The van der Waals surface area contributed by atoms with E-state index in [9.17, 15) is 13.2 Å². The second kappa shape index (κ2) is 7.61. The van der Waals surface area contributed by atoms with E-state index in [0.29, 0.717) is 16.8 Å². The molecule has 154 valence electrons. The minimum Gasteiger partial charge on any atom is -0.305 e. The van der Waals surface area contributed by atoms with Crippen LogP contribution in [0.5, 0.6) is 0 Å². The molecular formula is C24H24N2O3S. The zero-order chi connectivity index (χ0) is 21.5. The van der Waals surface area contributed by atoms with Gasteiger partial charge in [0.15, 0.2) is 0 Å². The average molecular weight is 421 g/mol. The molecule has 1 amide bonds. The molecule has 1 atom stereocenters. The molecule has 1 aliphatic rings. The van der Waals surface area contributed by atoms with E-state index >= 15 is 0 Å². The predicted octanol–water partition coefficient (Wildman–Crippen LogP) is 4.70. The molecule has 6 heteroatoms. The second-order valence-corrected chi connectivity index (χ2v) is 9.46. The van der Waals surface area contributed by atoms with Crippen LogP contribution in [0.25, 0.3) is 0 Å². The third kappa shape index (κ3) is 3.71. The smallest absolute Gasteiger partial charge is 0.262 e. The van der Waals surface area contributed by atoms with Crippen molar-refractivity contribution in [2.45, 2.75) is 38.1 Å². The number of carbonyl (C=O) groups is 1. The SMILES string of the molecule is Cc1cccc(NS(=O)(=O)c2cc(C(=O)N3c4ccccc4C[C@@H]3C)ccc2C)c1. The van der Waals surface area contributed by atoms with Gasteiger partial charge in [-0.1, -0.05) is 36.4 Å². The maximum absolute atomic E-state index is 13.3. The van der Waals surface area contributed by atoms with Crippen molar-refractivity contribution in [1.82, 2.24) is 0 Å². The largest absolute Gasteiger partial charge is 0.305 e. The Hall–Kier alpha value is -3.12. The van der Waals surface area contributed by atoms with E-state index < -0.39 is 10.0 Å². The summed E-state index contributed by atoms with van der Waals surface area (Å²) >= 11 is 0. The number of rotatable bonds is 4. The van der Waals surface area contributed by atoms with Crippen molar-refractivity contribution in [3.8, 4) is 0 Å². The Morgan fingerprint density at radius 2 is 1.77 bits per heavy atom. The van der Waals surface area contributed by atoms with Crippen LogP contribution in [0.15, 0.2) is 71.6 Å². The molecule has 1 N–H and O–H groups in total. The molecule has 3 aromatic carbocycles. The Morgan fingerprint density at radius 3 is 2.53 bits per heavy atom. The van der Waals surface area contributed by atoms with Gasteiger partial charge in [-0.15, -0.1) is 0 Å². The molecule has 0 spiro atoms. The molecule has 0 saturated carbocycles. The maximum atomic E-state index is 13.3. The number of carbonyl (C=O) groups excluding carboxylic acids is 1. The highest BCUT2D eigenvalue weighted by molar-refractivity contribution is 7.92.